The van der Waals surface area contributed by atoms with Crippen molar-refractivity contribution in [1.82, 2.24) is 0 Å². The van der Waals surface area contributed by atoms with Gasteiger partial charge < -0.3 is 10.1 Å². The standard InChI is InChI=1S/C18H17ClN2O/c19-15-6-7-17(14(10-15)12-20)21-16-8-9-22-18(11-16)13-4-2-1-3-5-13/h1-7,10,16,18,21H,8-9,11H2. The number of nitriles is 1. The maximum atomic E-state index is 9.23. The second-order valence-corrected chi connectivity index (χ2v) is 5.87. The zero-order chi connectivity index (χ0) is 15.4. The topological polar surface area (TPSA) is 45.0 Å². The predicted octanol–water partition coefficient (Wildman–Crippen LogP) is 4.54. The Labute approximate surface area is 135 Å². The van der Waals surface area contributed by atoms with Crippen molar-refractivity contribution in [3.8, 4) is 6.07 Å². The highest BCUT2D eigenvalue weighted by atomic mass is 35.5. The number of hydrogen-bond donors (Lipinski definition) is 1. The minimum absolute atomic E-state index is 0.102. The summed E-state index contributed by atoms with van der Waals surface area (Å²) >= 11 is 5.94. The van der Waals surface area contributed by atoms with Crippen LogP contribution < -0.4 is 5.32 Å². The Bertz CT molecular complexity index is 681. The highest BCUT2D eigenvalue weighted by Gasteiger charge is 2.24. The van der Waals surface area contributed by atoms with Crippen molar-refractivity contribution in [2.24, 2.45) is 0 Å². The zero-order valence-electron chi connectivity index (χ0n) is 12.1. The third-order valence-electron chi connectivity index (χ3n) is 3.92. The number of ether oxygens (including phenoxy) is 1. The Balaban J connectivity index is 1.72. The molecule has 0 aromatic heterocycles. The molecular weight excluding hydrogens is 296 g/mol. The number of halogens is 1. The molecule has 112 valence electrons. The molecule has 2 aromatic carbocycles. The summed E-state index contributed by atoms with van der Waals surface area (Å²) in [5, 5.41) is 13.3. The summed E-state index contributed by atoms with van der Waals surface area (Å²) in [7, 11) is 0. The van der Waals surface area contributed by atoms with Crippen LogP contribution in [0.4, 0.5) is 5.69 Å². The van der Waals surface area contributed by atoms with E-state index in [0.717, 1.165) is 18.5 Å². The molecule has 0 bridgehead atoms. The molecule has 1 aliphatic heterocycles. The van der Waals surface area contributed by atoms with E-state index in [2.05, 4.69) is 23.5 Å². The molecule has 3 rings (SSSR count). The molecule has 2 aromatic rings. The number of nitrogens with zero attached hydrogens (tertiary/aromatic N) is 1. The highest BCUT2D eigenvalue weighted by molar-refractivity contribution is 6.30. The Morgan fingerprint density at radius 1 is 1.18 bits per heavy atom. The Morgan fingerprint density at radius 2 is 2.00 bits per heavy atom. The van der Waals surface area contributed by atoms with Crippen LogP contribution in [-0.4, -0.2) is 12.6 Å². The van der Waals surface area contributed by atoms with E-state index in [9.17, 15) is 5.26 Å². The summed E-state index contributed by atoms with van der Waals surface area (Å²) < 4.78 is 5.88. The van der Waals surface area contributed by atoms with Crippen LogP contribution in [0.25, 0.3) is 0 Å². The first kappa shape index (κ1) is 14.9. The van der Waals surface area contributed by atoms with Crippen molar-refractivity contribution in [1.29, 1.82) is 5.26 Å². The summed E-state index contributed by atoms with van der Waals surface area (Å²) in [5.74, 6) is 0. The summed E-state index contributed by atoms with van der Waals surface area (Å²) in [6.07, 6.45) is 1.92. The largest absolute Gasteiger partial charge is 0.381 e. The smallest absolute Gasteiger partial charge is 0.101 e. The summed E-state index contributed by atoms with van der Waals surface area (Å²) in [6.45, 7) is 0.715. The summed E-state index contributed by atoms with van der Waals surface area (Å²) in [6, 6.07) is 18.1. The lowest BCUT2D eigenvalue weighted by Crippen LogP contribution is -2.30. The lowest BCUT2D eigenvalue weighted by Gasteiger charge is -2.31. The van der Waals surface area contributed by atoms with E-state index in [4.69, 9.17) is 16.3 Å². The van der Waals surface area contributed by atoms with E-state index in [1.807, 2.05) is 24.3 Å². The van der Waals surface area contributed by atoms with Gasteiger partial charge in [-0.2, -0.15) is 5.26 Å². The molecule has 1 heterocycles. The van der Waals surface area contributed by atoms with Crippen molar-refractivity contribution in [3.05, 3.63) is 64.7 Å². The van der Waals surface area contributed by atoms with E-state index in [1.165, 1.54) is 5.56 Å². The Hall–Kier alpha value is -2.02. The fourth-order valence-electron chi connectivity index (χ4n) is 2.78. The monoisotopic (exact) mass is 312 g/mol. The quantitative estimate of drug-likeness (QED) is 0.904. The molecule has 0 radical (unpaired) electrons. The van der Waals surface area contributed by atoms with Crippen molar-refractivity contribution >= 4 is 17.3 Å². The van der Waals surface area contributed by atoms with E-state index in [1.54, 1.807) is 12.1 Å². The summed E-state index contributed by atoms with van der Waals surface area (Å²) in [4.78, 5) is 0. The molecule has 1 fully saturated rings. The SMILES string of the molecule is N#Cc1cc(Cl)ccc1NC1CCOC(c2ccccc2)C1. The van der Waals surface area contributed by atoms with Crippen LogP contribution in [0.2, 0.25) is 5.02 Å². The minimum atomic E-state index is 0.102. The molecule has 2 atom stereocenters. The first-order valence-corrected chi connectivity index (χ1v) is 7.77. The molecule has 1 aliphatic rings. The van der Waals surface area contributed by atoms with E-state index >= 15 is 0 Å². The molecule has 0 saturated carbocycles. The van der Waals surface area contributed by atoms with Crippen LogP contribution in [0.1, 0.15) is 30.1 Å². The maximum Gasteiger partial charge on any atom is 0.101 e. The lowest BCUT2D eigenvalue weighted by molar-refractivity contribution is 0.00979. The Kier molecular flexibility index (Phi) is 4.62. The van der Waals surface area contributed by atoms with Gasteiger partial charge in [0.25, 0.3) is 0 Å². The second kappa shape index (κ2) is 6.83. The lowest BCUT2D eigenvalue weighted by atomic mass is 9.97. The van der Waals surface area contributed by atoms with Gasteiger partial charge in [-0.15, -0.1) is 0 Å². The molecule has 2 unspecified atom stereocenters. The van der Waals surface area contributed by atoms with Gasteiger partial charge in [0.1, 0.15) is 6.07 Å². The minimum Gasteiger partial charge on any atom is -0.381 e. The van der Waals surface area contributed by atoms with Crippen LogP contribution in [0.15, 0.2) is 48.5 Å². The van der Waals surface area contributed by atoms with Gasteiger partial charge >= 0.3 is 0 Å². The first-order chi connectivity index (χ1) is 10.8. The molecule has 0 amide bonds. The zero-order valence-corrected chi connectivity index (χ0v) is 12.9. The van der Waals surface area contributed by atoms with E-state index < -0.39 is 0 Å². The van der Waals surface area contributed by atoms with Crippen molar-refractivity contribution in [2.45, 2.75) is 25.0 Å². The third-order valence-corrected chi connectivity index (χ3v) is 4.15. The van der Waals surface area contributed by atoms with E-state index in [0.29, 0.717) is 17.2 Å². The van der Waals surface area contributed by atoms with Gasteiger partial charge in [0, 0.05) is 17.7 Å². The molecule has 3 nitrogen and oxygen atoms in total. The maximum absolute atomic E-state index is 9.23. The van der Waals surface area contributed by atoms with Crippen molar-refractivity contribution < 1.29 is 4.74 Å². The van der Waals surface area contributed by atoms with Gasteiger partial charge in [0.2, 0.25) is 0 Å². The van der Waals surface area contributed by atoms with Gasteiger partial charge in [-0.1, -0.05) is 41.9 Å². The van der Waals surface area contributed by atoms with Crippen LogP contribution >= 0.6 is 11.6 Å². The highest BCUT2D eigenvalue weighted by Crippen LogP contribution is 2.30. The number of nitrogens with one attached hydrogen (secondary N) is 1. The summed E-state index contributed by atoms with van der Waals surface area (Å²) in [5.41, 5.74) is 2.62. The average molecular weight is 313 g/mol. The molecule has 4 heteroatoms. The number of hydrogen-bond acceptors (Lipinski definition) is 3. The van der Waals surface area contributed by atoms with Gasteiger partial charge in [0.15, 0.2) is 0 Å². The van der Waals surface area contributed by atoms with Crippen LogP contribution in [0.5, 0.6) is 0 Å². The molecular formula is C18H17ClN2O. The fourth-order valence-corrected chi connectivity index (χ4v) is 2.95. The molecule has 0 aliphatic carbocycles. The first-order valence-electron chi connectivity index (χ1n) is 7.39. The Morgan fingerprint density at radius 3 is 2.77 bits per heavy atom. The third kappa shape index (κ3) is 3.41. The number of anilines is 1. The molecule has 0 spiro atoms. The van der Waals surface area contributed by atoms with E-state index in [-0.39, 0.29) is 12.1 Å². The fraction of sp³-hybridized carbons (Fsp3) is 0.278. The molecule has 22 heavy (non-hydrogen) atoms. The normalized spacial score (nSPS) is 21.1. The number of rotatable bonds is 3. The van der Waals surface area contributed by atoms with Crippen LogP contribution in [0.3, 0.4) is 0 Å². The van der Waals surface area contributed by atoms with Gasteiger partial charge in [-0.05, 0) is 36.6 Å². The van der Waals surface area contributed by atoms with Crippen LogP contribution in [0, 0.1) is 11.3 Å². The van der Waals surface area contributed by atoms with Gasteiger partial charge in [-0.25, -0.2) is 0 Å². The molecule has 1 N–H and O–H groups in total. The average Bonchev–Trinajstić information content (AvgIpc) is 2.57. The number of benzene rings is 2. The van der Waals surface area contributed by atoms with Gasteiger partial charge in [0.05, 0.1) is 17.4 Å². The predicted molar refractivity (Wildman–Crippen MR) is 87.9 cm³/mol. The second-order valence-electron chi connectivity index (χ2n) is 5.44. The van der Waals surface area contributed by atoms with Crippen molar-refractivity contribution in [3.63, 3.8) is 0 Å². The van der Waals surface area contributed by atoms with Crippen molar-refractivity contribution in [2.75, 3.05) is 11.9 Å². The molecule has 1 saturated heterocycles. The van der Waals surface area contributed by atoms with Gasteiger partial charge in [-0.3, -0.25) is 0 Å². The van der Waals surface area contributed by atoms with Crippen LogP contribution in [-0.2, 0) is 4.74 Å².